The average Bonchev–Trinajstić information content (AvgIpc) is 1.50. The smallest absolute Gasteiger partial charge is 0.270 e. The minimum absolute atomic E-state index is 0.194. The van der Waals surface area contributed by atoms with Crippen LogP contribution in [-0.4, -0.2) is 29.4 Å². The van der Waals surface area contributed by atoms with E-state index in [0.717, 1.165) is 246 Å². The van der Waals surface area contributed by atoms with Crippen molar-refractivity contribution in [2.24, 2.45) is 11.8 Å². The summed E-state index contributed by atoms with van der Waals surface area (Å²) in [6, 6.07) is 14.9. The van der Waals surface area contributed by atoms with E-state index in [-0.39, 0.29) is 56.4 Å². The van der Waals surface area contributed by atoms with E-state index >= 15 is 9.59 Å². The third-order valence-corrected chi connectivity index (χ3v) is 28.7. The number of aryl methyl sites for hydroxylation is 2. The van der Waals surface area contributed by atoms with Crippen molar-refractivity contribution in [1.82, 2.24) is 17.9 Å². The van der Waals surface area contributed by atoms with Crippen molar-refractivity contribution in [3.05, 3.63) is 160 Å². The zero-order chi connectivity index (χ0) is 76.3. The molecule has 0 fully saturated rings. The Morgan fingerprint density at radius 1 is 0.450 bits per heavy atom. The van der Waals surface area contributed by atoms with Gasteiger partial charge in [0.15, 0.2) is 34.8 Å². The van der Waals surface area contributed by atoms with Crippen LogP contribution in [0.5, 0.6) is 0 Å². The molecule has 2 aliphatic carbocycles. The molecular weight excluding hydrogens is 1460 g/mol. The molecule has 0 amide bonds. The number of rotatable bonds is 34. The lowest BCUT2D eigenvalue weighted by molar-refractivity contribution is 0.103. The van der Waals surface area contributed by atoms with Crippen LogP contribution in [0.1, 0.15) is 261 Å². The second-order valence-electron chi connectivity index (χ2n) is 30.1. The highest BCUT2D eigenvalue weighted by atomic mass is 32.1. The SMILES string of the molecule is [C-]#[N+]/C(C#N)=C1\C(=C\c2sc3c(sc4c5c6nsnc6c6c7sc8c(CCCCCCCCCCC)c(/C=C9\C(=O)c%10cc%11cc(F)c(F)cc%11cc%10\C9=C(\C#N)[N+]#[C-])sc8c7n(CC(CC)CCCC)c6c5n(CC(CC)CCCC)c34)c2CCCCCCCCCCC)C(=O)c2cc3cc(F)c(F)cc3cc21. The van der Waals surface area contributed by atoms with E-state index in [9.17, 15) is 28.1 Å². The Balaban J connectivity index is 1.03. The summed E-state index contributed by atoms with van der Waals surface area (Å²) in [5, 5.41) is 24.9. The van der Waals surface area contributed by atoms with Crippen molar-refractivity contribution in [1.29, 1.82) is 10.5 Å². The first-order valence-electron chi connectivity index (χ1n) is 39.7. The number of carbonyl (C=O) groups excluding carboxylic acids is 2. The van der Waals surface area contributed by atoms with Gasteiger partial charge in [-0.25, -0.2) is 37.8 Å². The Bertz CT molecular complexity index is 5540. The Morgan fingerprint density at radius 2 is 0.789 bits per heavy atom. The standard InChI is InChI=1S/C90H90F4N8O2S5/c1-9-15-19-21-23-25-27-29-31-35-57-71(45-63-73(69(47-95)97-7)59-37-53-41-65(91)67(93)43-55(53)39-61(59)83(63)103)105-89-81-87(107-85(57)89)75-77-78(100-109-99-77)76-80(79(75)101(81)49-51(13-5)33-17-11-3)102(50-52(14-6)34-18-12-4)82-88(76)108-86-58(36-32-30-28-26-24-22-20-16-10-2)72(106-90(82)86)46-64-74(70(48-96)98-8)60-38-54-42-66(92)68(94)44-56(54)40-62(60)84(64)104/h37-46,51-52H,9-36,49-50H2,1-6H3/b63-45-,64-46-,73-69-,74-70+. The molecule has 12 aromatic rings. The van der Waals surface area contributed by atoms with E-state index in [4.69, 9.17) is 21.9 Å². The van der Waals surface area contributed by atoms with Crippen LogP contribution in [-0.2, 0) is 25.9 Å². The third-order valence-electron chi connectivity index (χ3n) is 23.0. The van der Waals surface area contributed by atoms with Gasteiger partial charge in [0.2, 0.25) is 0 Å². The number of nitriles is 2. The summed E-state index contributed by atoms with van der Waals surface area (Å²) in [6.07, 6.45) is 34.0. The molecule has 0 saturated heterocycles. The Hall–Kier alpha value is -8.66. The average molecular weight is 1550 g/mol. The number of nitrogens with zero attached hydrogens (tertiary/aromatic N) is 8. The fraction of sp³-hybridized carbons (Fsp3) is 0.422. The molecule has 560 valence electrons. The molecule has 0 aliphatic heterocycles. The Labute approximate surface area is 655 Å². The number of hydrogen-bond donors (Lipinski definition) is 0. The minimum atomic E-state index is -1.04. The van der Waals surface area contributed by atoms with E-state index < -0.39 is 23.3 Å². The molecule has 2 aliphatic rings. The summed E-state index contributed by atoms with van der Waals surface area (Å²) in [5.41, 5.74) is 9.81. The quantitative estimate of drug-likeness (QED) is 0.0130. The lowest BCUT2D eigenvalue weighted by Crippen LogP contribution is -2.13. The number of benzene rings is 5. The number of halogens is 4. The van der Waals surface area contributed by atoms with E-state index in [1.165, 1.54) is 75.9 Å². The van der Waals surface area contributed by atoms with Crippen LogP contribution in [0.3, 0.4) is 0 Å². The van der Waals surface area contributed by atoms with Crippen LogP contribution < -0.4 is 0 Å². The van der Waals surface area contributed by atoms with Crippen LogP contribution >= 0.6 is 57.1 Å². The van der Waals surface area contributed by atoms with Crippen LogP contribution in [0.2, 0.25) is 0 Å². The van der Waals surface area contributed by atoms with Gasteiger partial charge in [-0.3, -0.25) is 9.59 Å². The zero-order valence-electron chi connectivity index (χ0n) is 63.1. The molecule has 14 rings (SSSR count). The summed E-state index contributed by atoms with van der Waals surface area (Å²) >= 11 is 8.12. The van der Waals surface area contributed by atoms with Crippen LogP contribution in [0.25, 0.3) is 127 Å². The van der Waals surface area contributed by atoms with Gasteiger partial charge in [-0.1, -0.05) is 183 Å². The molecule has 0 spiro atoms. The first kappa shape index (κ1) is 77.1. The number of aromatic nitrogens is 4. The van der Waals surface area contributed by atoms with Gasteiger partial charge in [-0.15, -0.1) is 45.3 Å². The van der Waals surface area contributed by atoms with Gasteiger partial charge < -0.3 is 9.13 Å². The number of thiophene rings is 4. The van der Waals surface area contributed by atoms with Gasteiger partial charge in [-0.2, -0.15) is 8.75 Å². The number of allylic oxidation sites excluding steroid dienone is 6. The number of Topliss-reactive ketones (excluding diaryl/α,β-unsaturated/α-hetero) is 2. The van der Waals surface area contributed by atoms with Crippen molar-refractivity contribution in [3.63, 3.8) is 0 Å². The summed E-state index contributed by atoms with van der Waals surface area (Å²) in [7, 11) is 0. The molecule has 7 heterocycles. The summed E-state index contributed by atoms with van der Waals surface area (Å²) in [4.78, 5) is 39.6. The van der Waals surface area contributed by atoms with E-state index in [1.807, 2.05) is 12.2 Å². The van der Waals surface area contributed by atoms with Gasteiger partial charge in [0.1, 0.15) is 11.0 Å². The first-order valence-corrected chi connectivity index (χ1v) is 43.6. The highest BCUT2D eigenvalue weighted by Crippen LogP contribution is 2.57. The third kappa shape index (κ3) is 14.4. The second kappa shape index (κ2) is 33.9. The molecule has 7 aromatic heterocycles. The maximum Gasteiger partial charge on any atom is 0.270 e. The highest BCUT2D eigenvalue weighted by Gasteiger charge is 2.38. The van der Waals surface area contributed by atoms with E-state index in [0.29, 0.717) is 44.5 Å². The molecule has 5 aromatic carbocycles. The molecule has 0 radical (unpaired) electrons. The van der Waals surface area contributed by atoms with E-state index in [2.05, 4.69) is 72.5 Å². The minimum Gasteiger partial charge on any atom is -0.337 e. The zero-order valence-corrected chi connectivity index (χ0v) is 67.2. The van der Waals surface area contributed by atoms with Gasteiger partial charge in [0.05, 0.1) is 87.3 Å². The fourth-order valence-electron chi connectivity index (χ4n) is 17.1. The largest absolute Gasteiger partial charge is 0.337 e. The summed E-state index contributed by atoms with van der Waals surface area (Å²) in [5.74, 6) is -4.33. The lowest BCUT2D eigenvalue weighted by atomic mass is 9.98. The van der Waals surface area contributed by atoms with E-state index in [1.54, 1.807) is 69.6 Å². The Kier molecular flexibility index (Phi) is 24.0. The highest BCUT2D eigenvalue weighted by molar-refractivity contribution is 7.34. The lowest BCUT2D eigenvalue weighted by Gasteiger charge is -2.20. The fourth-order valence-corrected chi connectivity index (χ4v) is 23.6. The van der Waals surface area contributed by atoms with Crippen molar-refractivity contribution >= 4 is 186 Å². The van der Waals surface area contributed by atoms with Crippen molar-refractivity contribution < 1.29 is 27.2 Å². The molecular formula is C90H90F4N8O2S5. The number of ketones is 2. The van der Waals surface area contributed by atoms with Gasteiger partial charge in [0.25, 0.3) is 11.4 Å². The molecule has 0 saturated carbocycles. The van der Waals surface area contributed by atoms with Crippen LogP contribution in [0.4, 0.5) is 17.6 Å². The molecule has 0 N–H and O–H groups in total. The molecule has 0 bridgehead atoms. The van der Waals surface area contributed by atoms with Crippen molar-refractivity contribution in [2.75, 3.05) is 0 Å². The van der Waals surface area contributed by atoms with Gasteiger partial charge in [-0.05, 0) is 155 Å². The normalized spacial score (nSPS) is 15.4. The predicted molar refractivity (Wildman–Crippen MR) is 449 cm³/mol. The van der Waals surface area contributed by atoms with Crippen LogP contribution in [0.15, 0.2) is 71.1 Å². The molecule has 2 unspecified atom stereocenters. The first-order chi connectivity index (χ1) is 53.2. The summed E-state index contributed by atoms with van der Waals surface area (Å²) < 4.78 is 82.5. The van der Waals surface area contributed by atoms with Gasteiger partial charge >= 0.3 is 0 Å². The number of carbonyl (C=O) groups is 2. The number of unbranched alkanes of at least 4 members (excludes halogenated alkanes) is 18. The maximum atomic E-state index is 15.2. The van der Waals surface area contributed by atoms with Crippen molar-refractivity contribution in [2.45, 2.75) is 234 Å². The predicted octanol–water partition coefficient (Wildman–Crippen LogP) is 28.8. The Morgan fingerprint density at radius 3 is 1.12 bits per heavy atom. The number of fused-ring (bicyclic) bond motifs is 18. The molecule has 109 heavy (non-hydrogen) atoms. The van der Waals surface area contributed by atoms with Crippen LogP contribution in [0, 0.1) is 70.9 Å². The monoisotopic (exact) mass is 1550 g/mol. The number of hydrogen-bond acceptors (Lipinski definition) is 11. The topological polar surface area (TPSA) is 126 Å². The summed E-state index contributed by atoms with van der Waals surface area (Å²) in [6.45, 7) is 31.6. The van der Waals surface area contributed by atoms with Crippen molar-refractivity contribution in [3.8, 4) is 12.1 Å². The van der Waals surface area contributed by atoms with Gasteiger partial charge in [0, 0.05) is 67.0 Å². The molecule has 2 atom stereocenters. The second-order valence-corrected chi connectivity index (χ2v) is 34.8. The molecule has 10 nitrogen and oxygen atoms in total. The maximum absolute atomic E-state index is 15.2. The molecule has 19 heteroatoms.